The van der Waals surface area contributed by atoms with Crippen molar-refractivity contribution in [2.75, 3.05) is 13.7 Å². The van der Waals surface area contributed by atoms with Gasteiger partial charge in [0.05, 0.1) is 6.10 Å². The summed E-state index contributed by atoms with van der Waals surface area (Å²) in [4.78, 5) is 13.9. The minimum Gasteiger partial charge on any atom is -0.381 e. The van der Waals surface area contributed by atoms with Gasteiger partial charge < -0.3 is 9.64 Å². The van der Waals surface area contributed by atoms with Crippen LogP contribution in [0.4, 0.5) is 0 Å². The summed E-state index contributed by atoms with van der Waals surface area (Å²) >= 11 is 0. The van der Waals surface area contributed by atoms with Gasteiger partial charge in [-0.1, -0.05) is 37.6 Å². The Hall–Kier alpha value is -1.35. The Morgan fingerprint density at radius 2 is 2.20 bits per heavy atom. The standard InChI is InChI=1S/C22H33NO2/c1-5-23-20-11-10-18(25-4)14-19(20)22(3,21(23)12-13-24)15-17-9-7-6-8-16(17)2/h6-7,9,12-13,16,18-20H,5,8,10-11,14-15H2,1-4H3/b21-12-. The van der Waals surface area contributed by atoms with Crippen molar-refractivity contribution in [2.45, 2.75) is 65.0 Å². The lowest BCUT2D eigenvalue weighted by Gasteiger charge is -2.40. The molecule has 2 aliphatic carbocycles. The molecule has 138 valence electrons. The van der Waals surface area contributed by atoms with E-state index in [-0.39, 0.29) is 5.41 Å². The summed E-state index contributed by atoms with van der Waals surface area (Å²) in [6.07, 6.45) is 15.5. The third-order valence-corrected chi connectivity index (χ3v) is 6.92. The van der Waals surface area contributed by atoms with E-state index in [4.69, 9.17) is 4.74 Å². The van der Waals surface area contributed by atoms with E-state index >= 15 is 0 Å². The molecule has 2 fully saturated rings. The summed E-state index contributed by atoms with van der Waals surface area (Å²) in [6, 6.07) is 0.544. The van der Waals surface area contributed by atoms with Crippen LogP contribution in [0.5, 0.6) is 0 Å². The second-order valence-corrected chi connectivity index (χ2v) is 8.22. The Morgan fingerprint density at radius 1 is 1.40 bits per heavy atom. The predicted molar refractivity (Wildman–Crippen MR) is 102 cm³/mol. The van der Waals surface area contributed by atoms with Crippen LogP contribution in [-0.4, -0.2) is 37.0 Å². The quantitative estimate of drug-likeness (QED) is 0.543. The van der Waals surface area contributed by atoms with Gasteiger partial charge in [0.25, 0.3) is 0 Å². The molecule has 0 aromatic heterocycles. The predicted octanol–water partition coefficient (Wildman–Crippen LogP) is 4.51. The van der Waals surface area contributed by atoms with E-state index in [9.17, 15) is 4.79 Å². The molecule has 0 amide bonds. The van der Waals surface area contributed by atoms with Crippen molar-refractivity contribution in [3.8, 4) is 0 Å². The fourth-order valence-electron chi connectivity index (χ4n) is 5.51. The number of hydrogen-bond donors (Lipinski definition) is 0. The molecule has 1 saturated heterocycles. The summed E-state index contributed by atoms with van der Waals surface area (Å²) in [6.45, 7) is 7.90. The lowest BCUT2D eigenvalue weighted by atomic mass is 9.65. The SMILES string of the molecule is CCN1/C(=C\C=O)C(C)(CC2=CC=CCC2C)C2CC(OC)CCC21. The molecule has 0 N–H and O–H groups in total. The minimum atomic E-state index is 0.0179. The van der Waals surface area contributed by atoms with Crippen molar-refractivity contribution in [1.82, 2.24) is 4.90 Å². The van der Waals surface area contributed by atoms with E-state index in [0.29, 0.717) is 24.0 Å². The highest BCUT2D eigenvalue weighted by molar-refractivity contribution is 5.67. The number of allylic oxidation sites excluding steroid dienone is 6. The summed E-state index contributed by atoms with van der Waals surface area (Å²) in [5.41, 5.74) is 2.79. The van der Waals surface area contributed by atoms with Gasteiger partial charge in [0.15, 0.2) is 0 Å². The molecular formula is C22H33NO2. The number of nitrogens with zero attached hydrogens (tertiary/aromatic N) is 1. The fourth-order valence-corrected chi connectivity index (χ4v) is 5.51. The van der Waals surface area contributed by atoms with E-state index in [1.807, 2.05) is 13.2 Å². The second-order valence-electron chi connectivity index (χ2n) is 8.22. The topological polar surface area (TPSA) is 29.5 Å². The molecule has 1 aliphatic heterocycles. The van der Waals surface area contributed by atoms with E-state index in [0.717, 1.165) is 44.9 Å². The van der Waals surface area contributed by atoms with Crippen molar-refractivity contribution < 1.29 is 9.53 Å². The van der Waals surface area contributed by atoms with Crippen molar-refractivity contribution >= 4 is 6.29 Å². The highest BCUT2D eigenvalue weighted by Gasteiger charge is 2.54. The van der Waals surface area contributed by atoms with Crippen LogP contribution in [0, 0.1) is 17.3 Å². The zero-order chi connectivity index (χ0) is 18.0. The smallest absolute Gasteiger partial charge is 0.144 e. The molecule has 5 atom stereocenters. The highest BCUT2D eigenvalue weighted by Crippen LogP contribution is 2.57. The molecule has 0 spiro atoms. The summed E-state index contributed by atoms with van der Waals surface area (Å²) in [7, 11) is 1.84. The third-order valence-electron chi connectivity index (χ3n) is 6.92. The maximum Gasteiger partial charge on any atom is 0.144 e. The average molecular weight is 344 g/mol. The van der Waals surface area contributed by atoms with Crippen LogP contribution >= 0.6 is 0 Å². The van der Waals surface area contributed by atoms with Gasteiger partial charge in [-0.2, -0.15) is 0 Å². The fraction of sp³-hybridized carbons (Fsp3) is 0.682. The number of rotatable bonds is 5. The number of ether oxygens (including phenoxy) is 1. The summed E-state index contributed by atoms with van der Waals surface area (Å²) < 4.78 is 5.73. The van der Waals surface area contributed by atoms with Gasteiger partial charge in [0.2, 0.25) is 0 Å². The monoisotopic (exact) mass is 343 g/mol. The van der Waals surface area contributed by atoms with E-state index in [1.54, 1.807) is 0 Å². The van der Waals surface area contributed by atoms with Crippen LogP contribution < -0.4 is 0 Å². The van der Waals surface area contributed by atoms with Gasteiger partial charge in [0, 0.05) is 30.8 Å². The van der Waals surface area contributed by atoms with Crippen molar-refractivity contribution in [3.63, 3.8) is 0 Å². The molecule has 3 heteroatoms. The Bertz CT molecular complexity index is 591. The number of fused-ring (bicyclic) bond motifs is 1. The molecule has 5 unspecified atom stereocenters. The van der Waals surface area contributed by atoms with Crippen LogP contribution in [-0.2, 0) is 9.53 Å². The number of methoxy groups -OCH3 is 1. The molecule has 0 aromatic carbocycles. The molecule has 1 saturated carbocycles. The maximum atomic E-state index is 11.4. The van der Waals surface area contributed by atoms with Gasteiger partial charge in [-0.15, -0.1) is 0 Å². The third kappa shape index (κ3) is 3.23. The van der Waals surface area contributed by atoms with Crippen LogP contribution in [0.1, 0.15) is 52.9 Å². The summed E-state index contributed by atoms with van der Waals surface area (Å²) in [5.74, 6) is 1.15. The molecule has 0 bridgehead atoms. The minimum absolute atomic E-state index is 0.0179. The number of hydrogen-bond acceptors (Lipinski definition) is 3. The van der Waals surface area contributed by atoms with Crippen LogP contribution in [0.3, 0.4) is 0 Å². The van der Waals surface area contributed by atoms with Crippen molar-refractivity contribution in [1.29, 1.82) is 0 Å². The first-order valence-corrected chi connectivity index (χ1v) is 9.86. The number of carbonyl (C=O) groups is 1. The van der Waals surface area contributed by atoms with Gasteiger partial charge >= 0.3 is 0 Å². The number of carbonyl (C=O) groups excluding carboxylic acids is 1. The van der Waals surface area contributed by atoms with E-state index < -0.39 is 0 Å². The largest absolute Gasteiger partial charge is 0.381 e. The Morgan fingerprint density at radius 3 is 2.84 bits per heavy atom. The lowest BCUT2D eigenvalue weighted by molar-refractivity contribution is -0.104. The van der Waals surface area contributed by atoms with E-state index in [1.165, 1.54) is 11.3 Å². The van der Waals surface area contributed by atoms with Crippen molar-refractivity contribution in [3.05, 3.63) is 35.6 Å². The van der Waals surface area contributed by atoms with Crippen molar-refractivity contribution in [2.24, 2.45) is 17.3 Å². The number of aldehydes is 1. The molecule has 3 nitrogen and oxygen atoms in total. The van der Waals surface area contributed by atoms with Crippen LogP contribution in [0.2, 0.25) is 0 Å². The molecule has 3 aliphatic rings. The molecule has 3 rings (SSSR count). The molecule has 0 aromatic rings. The first-order chi connectivity index (χ1) is 12.0. The first-order valence-electron chi connectivity index (χ1n) is 9.86. The zero-order valence-electron chi connectivity index (χ0n) is 16.2. The van der Waals surface area contributed by atoms with Crippen LogP contribution in [0.15, 0.2) is 35.6 Å². The Balaban J connectivity index is 1.99. The van der Waals surface area contributed by atoms with Gasteiger partial charge in [-0.25, -0.2) is 0 Å². The lowest BCUT2D eigenvalue weighted by Crippen LogP contribution is -2.40. The zero-order valence-corrected chi connectivity index (χ0v) is 16.2. The normalized spacial score (nSPS) is 39.4. The average Bonchev–Trinajstić information content (AvgIpc) is 2.85. The van der Waals surface area contributed by atoms with Crippen LogP contribution in [0.25, 0.3) is 0 Å². The van der Waals surface area contributed by atoms with Gasteiger partial charge in [-0.3, -0.25) is 4.79 Å². The highest BCUT2D eigenvalue weighted by atomic mass is 16.5. The summed E-state index contributed by atoms with van der Waals surface area (Å²) in [5, 5.41) is 0. The maximum absolute atomic E-state index is 11.4. The van der Waals surface area contributed by atoms with Gasteiger partial charge in [-0.05, 0) is 56.9 Å². The second kappa shape index (κ2) is 7.49. The molecule has 1 heterocycles. The molecular weight excluding hydrogens is 310 g/mol. The molecule has 0 radical (unpaired) electrons. The first kappa shape index (κ1) is 18.4. The Labute approximate surface area is 152 Å². The van der Waals surface area contributed by atoms with E-state index in [2.05, 4.69) is 43.9 Å². The molecule has 25 heavy (non-hydrogen) atoms. The Kier molecular flexibility index (Phi) is 5.52. The number of likely N-dealkylation sites (tertiary alicyclic amines) is 1. The van der Waals surface area contributed by atoms with Gasteiger partial charge in [0.1, 0.15) is 6.29 Å².